The minimum absolute atomic E-state index is 0.111. The first kappa shape index (κ1) is 25.7. The fraction of sp³-hybridized carbons (Fsp3) is 0.571. The molecule has 0 radical (unpaired) electrons. The van der Waals surface area contributed by atoms with Crippen molar-refractivity contribution in [2.75, 3.05) is 4.95 Å². The molecule has 0 spiro atoms. The van der Waals surface area contributed by atoms with Crippen molar-refractivity contribution in [1.29, 1.82) is 0 Å². The highest BCUT2D eigenvalue weighted by molar-refractivity contribution is 9.09. The molecule has 9 nitrogen and oxygen atoms in total. The molecule has 0 aromatic carbocycles. The lowest BCUT2D eigenvalue weighted by atomic mass is 10.9. The maximum Gasteiger partial charge on any atom is 0.503 e. The van der Waals surface area contributed by atoms with Crippen LogP contribution in [-0.4, -0.2) is 61.4 Å². The lowest BCUT2D eigenvalue weighted by molar-refractivity contribution is -0.135. The topological polar surface area (TPSA) is 173 Å². The molecule has 0 fully saturated rings. The third kappa shape index (κ3) is 743. The van der Waals surface area contributed by atoms with Gasteiger partial charge in [0.15, 0.2) is 0 Å². The monoisotopic (exact) mass is 352 g/mol. The Hall–Kier alpha value is -1.01. The summed E-state index contributed by atoms with van der Waals surface area (Å²) in [6.45, 7) is 3.25. The van der Waals surface area contributed by atoms with Crippen LogP contribution in [0.4, 0.5) is 0 Å². The Morgan fingerprint density at radius 3 is 0.889 bits per heavy atom. The molecule has 0 aromatic rings. The molecule has 0 aliphatic carbocycles. The average Bonchev–Trinajstić information content (AvgIpc) is 1.99. The second-order valence-corrected chi connectivity index (χ2v) is 5.96. The number of aliphatic carboxylic acids is 3. The SMILES string of the molecule is CC(=O)O.CC(=O)O.CC(=O)O.O[Si](O)(O)CBr. The molecular formula is C7H17BrO9Si. The molecule has 0 saturated heterocycles. The predicted octanol–water partition coefficient (Wildman–Crippen LogP) is -0.891. The zero-order chi connectivity index (χ0) is 15.9. The van der Waals surface area contributed by atoms with Crippen LogP contribution in [0.25, 0.3) is 0 Å². The van der Waals surface area contributed by atoms with E-state index in [0.717, 1.165) is 20.8 Å². The van der Waals surface area contributed by atoms with Gasteiger partial charge in [0.2, 0.25) is 0 Å². The Labute approximate surface area is 113 Å². The van der Waals surface area contributed by atoms with Crippen LogP contribution >= 0.6 is 15.9 Å². The van der Waals surface area contributed by atoms with Crippen LogP contribution in [0.15, 0.2) is 0 Å². The molecule has 0 atom stereocenters. The van der Waals surface area contributed by atoms with Gasteiger partial charge in [-0.3, -0.25) is 14.4 Å². The number of hydrogen-bond acceptors (Lipinski definition) is 6. The Bertz CT molecular complexity index is 197. The summed E-state index contributed by atoms with van der Waals surface area (Å²) in [5.41, 5.74) is 0. The maximum atomic E-state index is 9.00. The Kier molecular flexibility index (Phi) is 22.9. The van der Waals surface area contributed by atoms with E-state index in [0.29, 0.717) is 0 Å². The largest absolute Gasteiger partial charge is 0.503 e. The third-order valence-corrected chi connectivity index (χ3v) is 2.79. The van der Waals surface area contributed by atoms with E-state index in [4.69, 9.17) is 44.1 Å². The van der Waals surface area contributed by atoms with Gasteiger partial charge in [0.1, 0.15) is 0 Å². The van der Waals surface area contributed by atoms with Gasteiger partial charge in [-0.2, -0.15) is 0 Å². The number of carbonyl (C=O) groups is 3. The van der Waals surface area contributed by atoms with Gasteiger partial charge in [-0.1, -0.05) is 15.9 Å². The summed E-state index contributed by atoms with van der Waals surface area (Å²) in [4.78, 5) is 51.0. The number of rotatable bonds is 1. The van der Waals surface area contributed by atoms with Crippen molar-refractivity contribution in [2.24, 2.45) is 0 Å². The number of halogens is 1. The Morgan fingerprint density at radius 2 is 0.889 bits per heavy atom. The molecule has 0 amide bonds. The van der Waals surface area contributed by atoms with Gasteiger partial charge in [-0.15, -0.1) is 0 Å². The minimum Gasteiger partial charge on any atom is -0.481 e. The van der Waals surface area contributed by atoms with Gasteiger partial charge < -0.3 is 29.7 Å². The highest BCUT2D eigenvalue weighted by atomic mass is 79.9. The smallest absolute Gasteiger partial charge is 0.481 e. The Balaban J connectivity index is -0.0000000742. The molecule has 0 aliphatic rings. The number of carboxylic acid groups (broad SMARTS) is 3. The molecule has 0 saturated carbocycles. The van der Waals surface area contributed by atoms with Crippen molar-refractivity contribution in [3.63, 3.8) is 0 Å². The summed E-state index contributed by atoms with van der Waals surface area (Å²) >= 11 is 2.68. The Morgan fingerprint density at radius 1 is 0.833 bits per heavy atom. The average molecular weight is 353 g/mol. The van der Waals surface area contributed by atoms with Crippen LogP contribution in [0.3, 0.4) is 0 Å². The molecule has 0 bridgehead atoms. The fourth-order valence-corrected chi connectivity index (χ4v) is 0. The van der Waals surface area contributed by atoms with Crippen molar-refractivity contribution in [1.82, 2.24) is 0 Å². The summed E-state index contributed by atoms with van der Waals surface area (Å²) in [7, 11) is -3.71. The first-order chi connectivity index (χ1) is 7.76. The highest BCUT2D eigenvalue weighted by Gasteiger charge is 2.23. The lowest BCUT2D eigenvalue weighted by Gasteiger charge is -2.00. The summed E-state index contributed by atoms with van der Waals surface area (Å²) in [5, 5.41) is 22.2. The van der Waals surface area contributed by atoms with Gasteiger partial charge in [0.25, 0.3) is 17.9 Å². The first-order valence-electron chi connectivity index (χ1n) is 4.07. The quantitative estimate of drug-likeness (QED) is 0.258. The molecule has 0 aliphatic heterocycles. The zero-order valence-corrected chi connectivity index (χ0v) is 12.6. The van der Waals surface area contributed by atoms with Gasteiger partial charge in [-0.05, 0) is 0 Å². The lowest BCUT2D eigenvalue weighted by Crippen LogP contribution is -2.36. The van der Waals surface area contributed by atoms with Gasteiger partial charge in [-0.25, -0.2) is 0 Å². The van der Waals surface area contributed by atoms with E-state index in [1.54, 1.807) is 0 Å². The van der Waals surface area contributed by atoms with Gasteiger partial charge in [0.05, 0.1) is 4.95 Å². The number of alkyl halides is 1. The van der Waals surface area contributed by atoms with Crippen LogP contribution in [0, 0.1) is 0 Å². The molecule has 0 unspecified atom stereocenters. The second-order valence-electron chi connectivity index (χ2n) is 2.47. The highest BCUT2D eigenvalue weighted by Crippen LogP contribution is 1.89. The molecule has 18 heavy (non-hydrogen) atoms. The normalized spacial score (nSPS) is 8.17. The molecular weight excluding hydrogens is 336 g/mol. The summed E-state index contributed by atoms with van der Waals surface area (Å²) in [6, 6.07) is 0. The first-order valence-corrected chi connectivity index (χ1v) is 7.25. The van der Waals surface area contributed by atoms with Crippen LogP contribution in [0.5, 0.6) is 0 Å². The van der Waals surface area contributed by atoms with Gasteiger partial charge in [0, 0.05) is 20.8 Å². The molecule has 6 N–H and O–H groups in total. The van der Waals surface area contributed by atoms with E-state index >= 15 is 0 Å². The van der Waals surface area contributed by atoms with Crippen LogP contribution in [0.1, 0.15) is 20.8 Å². The van der Waals surface area contributed by atoms with Crippen molar-refractivity contribution in [2.45, 2.75) is 20.8 Å². The van der Waals surface area contributed by atoms with Crippen LogP contribution in [-0.2, 0) is 14.4 Å². The number of carboxylic acids is 3. The van der Waals surface area contributed by atoms with E-state index in [1.165, 1.54) is 0 Å². The summed E-state index contributed by atoms with van der Waals surface area (Å²) in [6.07, 6.45) is 0. The fourth-order valence-electron chi connectivity index (χ4n) is 0. The standard InChI is InChI=1S/3C2H4O2.CH5BrO3Si/c3*1-2(3)4;2-1-6(3,4)5/h3*1H3,(H,3,4);3-5H,1H2. The van der Waals surface area contributed by atoms with Crippen molar-refractivity contribution < 1.29 is 44.1 Å². The van der Waals surface area contributed by atoms with E-state index in [9.17, 15) is 0 Å². The second kappa shape index (κ2) is 16.0. The van der Waals surface area contributed by atoms with Crippen molar-refractivity contribution >= 4 is 42.6 Å². The third-order valence-electron chi connectivity index (χ3n) is 0.179. The van der Waals surface area contributed by atoms with E-state index in [-0.39, 0.29) is 4.95 Å². The molecule has 0 heterocycles. The molecule has 11 heteroatoms. The summed E-state index contributed by atoms with van der Waals surface area (Å²) < 4.78 is 0. The van der Waals surface area contributed by atoms with Crippen LogP contribution < -0.4 is 0 Å². The number of hydrogen-bond donors (Lipinski definition) is 6. The van der Waals surface area contributed by atoms with E-state index in [1.807, 2.05) is 0 Å². The van der Waals surface area contributed by atoms with E-state index in [2.05, 4.69) is 15.9 Å². The van der Waals surface area contributed by atoms with E-state index < -0.39 is 26.7 Å². The predicted molar refractivity (Wildman–Crippen MR) is 66.1 cm³/mol. The zero-order valence-electron chi connectivity index (χ0n) is 9.99. The van der Waals surface area contributed by atoms with Gasteiger partial charge >= 0.3 is 8.80 Å². The maximum absolute atomic E-state index is 9.00. The molecule has 110 valence electrons. The molecule has 0 rings (SSSR count). The minimum atomic E-state index is -3.71. The molecule has 0 aromatic heterocycles. The van der Waals surface area contributed by atoms with Crippen LogP contribution in [0.2, 0.25) is 0 Å². The summed E-state index contributed by atoms with van der Waals surface area (Å²) in [5.74, 6) is -2.50. The van der Waals surface area contributed by atoms with Crippen molar-refractivity contribution in [3.8, 4) is 0 Å². The van der Waals surface area contributed by atoms with Crippen molar-refractivity contribution in [3.05, 3.63) is 0 Å².